The van der Waals surface area contributed by atoms with Crippen LogP contribution in [-0.2, 0) is 10.2 Å². The molecule has 5 rings (SSSR count). The van der Waals surface area contributed by atoms with Gasteiger partial charge in [-0.3, -0.25) is 4.79 Å². The monoisotopic (exact) mass is 632 g/mol. The number of aryl methyl sites for hydroxylation is 1. The van der Waals surface area contributed by atoms with Crippen molar-refractivity contribution in [3.8, 4) is 0 Å². The Balaban J connectivity index is 0.000000591. The second-order valence-corrected chi connectivity index (χ2v) is 10.8. The molecule has 0 amide bonds. The number of carboxylic acid groups (broad SMARTS) is 2. The standard InChI is InChI=1S/C30H28F2N2O4.C2HF3O2/c1-18-12-22(19(2)33-24-11-7-6-10-21(24)29(36)37)28-23(13-18)25(35)14-27(38-28)34-16-30(17-34,15-26(31)32)20-8-4-3-5-9-20;3-2(4,5)1(6)7/h3-14,19,26,33H,15-17H2,1-2H3,(H,36,37);(H,6,7). The van der Waals surface area contributed by atoms with E-state index in [1.807, 2.05) is 55.1 Å². The maximum Gasteiger partial charge on any atom is 0.490 e. The number of nitrogens with zero attached hydrogens (tertiary/aromatic N) is 1. The molecule has 0 aliphatic carbocycles. The molecule has 1 aliphatic rings. The number of nitrogens with one attached hydrogen (secondary N) is 1. The number of rotatable bonds is 8. The number of hydrogen-bond donors (Lipinski definition) is 3. The molecule has 1 atom stereocenters. The number of carbonyl (C=O) groups is 2. The predicted molar refractivity (Wildman–Crippen MR) is 157 cm³/mol. The van der Waals surface area contributed by atoms with Crippen molar-refractivity contribution in [1.29, 1.82) is 0 Å². The first-order valence-electron chi connectivity index (χ1n) is 13.7. The summed E-state index contributed by atoms with van der Waals surface area (Å²) in [6.07, 6.45) is -7.82. The third-order valence-corrected chi connectivity index (χ3v) is 7.46. The third-order valence-electron chi connectivity index (χ3n) is 7.46. The minimum Gasteiger partial charge on any atom is -0.478 e. The van der Waals surface area contributed by atoms with Crippen LogP contribution in [-0.4, -0.2) is 47.8 Å². The van der Waals surface area contributed by atoms with Crippen LogP contribution in [0.4, 0.5) is 33.5 Å². The van der Waals surface area contributed by atoms with E-state index in [2.05, 4.69) is 5.32 Å². The van der Waals surface area contributed by atoms with Gasteiger partial charge in [-0.1, -0.05) is 48.5 Å². The number of aliphatic carboxylic acids is 1. The summed E-state index contributed by atoms with van der Waals surface area (Å²) in [4.78, 5) is 35.6. The van der Waals surface area contributed by atoms with E-state index in [4.69, 9.17) is 14.3 Å². The molecule has 0 saturated carbocycles. The lowest BCUT2D eigenvalue weighted by Gasteiger charge is -2.50. The summed E-state index contributed by atoms with van der Waals surface area (Å²) >= 11 is 0. The minimum atomic E-state index is -5.08. The van der Waals surface area contributed by atoms with E-state index in [0.717, 1.165) is 11.1 Å². The van der Waals surface area contributed by atoms with Crippen LogP contribution >= 0.6 is 0 Å². The molecule has 1 aliphatic heterocycles. The Labute approximate surface area is 253 Å². The minimum absolute atomic E-state index is 0.135. The number of anilines is 2. The van der Waals surface area contributed by atoms with Gasteiger partial charge in [0.05, 0.1) is 17.0 Å². The zero-order chi connectivity index (χ0) is 33.1. The second kappa shape index (κ2) is 13.0. The summed E-state index contributed by atoms with van der Waals surface area (Å²) in [7, 11) is 0. The highest BCUT2D eigenvalue weighted by atomic mass is 19.4. The van der Waals surface area contributed by atoms with E-state index in [1.165, 1.54) is 12.1 Å². The van der Waals surface area contributed by atoms with Gasteiger partial charge in [0.2, 0.25) is 6.43 Å². The van der Waals surface area contributed by atoms with E-state index in [-0.39, 0.29) is 17.4 Å². The molecule has 0 spiro atoms. The van der Waals surface area contributed by atoms with E-state index in [9.17, 15) is 36.6 Å². The Hall–Kier alpha value is -4.94. The van der Waals surface area contributed by atoms with Crippen molar-refractivity contribution in [3.05, 3.63) is 105 Å². The van der Waals surface area contributed by atoms with Crippen LogP contribution in [0.3, 0.4) is 0 Å². The maximum atomic E-state index is 13.5. The molecule has 8 nitrogen and oxygen atoms in total. The van der Waals surface area contributed by atoms with Crippen LogP contribution in [0.5, 0.6) is 0 Å². The first-order chi connectivity index (χ1) is 21.1. The normalized spacial score (nSPS) is 14.7. The maximum absolute atomic E-state index is 13.5. The van der Waals surface area contributed by atoms with Gasteiger partial charge in [-0.15, -0.1) is 0 Å². The average molecular weight is 633 g/mol. The predicted octanol–water partition coefficient (Wildman–Crippen LogP) is 7.02. The van der Waals surface area contributed by atoms with Gasteiger partial charge >= 0.3 is 18.1 Å². The Kier molecular flexibility index (Phi) is 9.50. The van der Waals surface area contributed by atoms with Crippen molar-refractivity contribution in [3.63, 3.8) is 0 Å². The molecule has 238 valence electrons. The van der Waals surface area contributed by atoms with Crippen molar-refractivity contribution >= 4 is 34.5 Å². The summed E-state index contributed by atoms with van der Waals surface area (Å²) in [5.41, 5.74) is 2.41. The van der Waals surface area contributed by atoms with Crippen molar-refractivity contribution in [2.24, 2.45) is 0 Å². The van der Waals surface area contributed by atoms with Crippen molar-refractivity contribution in [2.75, 3.05) is 23.3 Å². The van der Waals surface area contributed by atoms with E-state index < -0.39 is 36.0 Å². The van der Waals surface area contributed by atoms with Gasteiger partial charge in [0, 0.05) is 42.2 Å². The van der Waals surface area contributed by atoms with Gasteiger partial charge < -0.3 is 24.8 Å². The molecule has 2 heterocycles. The summed E-state index contributed by atoms with van der Waals surface area (Å²) < 4.78 is 65.1. The molecule has 45 heavy (non-hydrogen) atoms. The van der Waals surface area contributed by atoms with Crippen molar-refractivity contribution < 1.29 is 46.2 Å². The number of carboxylic acids is 2. The number of hydrogen-bond acceptors (Lipinski definition) is 6. The first kappa shape index (κ1) is 33.0. The fraction of sp³-hybridized carbons (Fsp3) is 0.281. The van der Waals surface area contributed by atoms with Gasteiger partial charge in [-0.25, -0.2) is 18.4 Å². The molecular formula is C32H29F5N2O6. The fourth-order valence-corrected chi connectivity index (χ4v) is 5.36. The Morgan fingerprint density at radius 3 is 2.18 bits per heavy atom. The number of alkyl halides is 5. The molecule has 0 bridgehead atoms. The summed E-state index contributed by atoms with van der Waals surface area (Å²) in [6.45, 7) is 4.35. The van der Waals surface area contributed by atoms with Crippen LogP contribution in [0.1, 0.15) is 46.4 Å². The van der Waals surface area contributed by atoms with Crippen LogP contribution in [0.25, 0.3) is 11.0 Å². The van der Waals surface area contributed by atoms with Crippen molar-refractivity contribution in [2.45, 2.75) is 44.3 Å². The largest absolute Gasteiger partial charge is 0.490 e. The quantitative estimate of drug-likeness (QED) is 0.177. The molecule has 4 aromatic rings. The van der Waals surface area contributed by atoms with Gasteiger partial charge in [0.15, 0.2) is 11.3 Å². The number of aromatic carboxylic acids is 1. The Morgan fingerprint density at radius 2 is 1.60 bits per heavy atom. The number of para-hydroxylation sites is 1. The SMILES string of the molecule is Cc1cc(C(C)Nc2ccccc2C(=O)O)c2oc(N3CC(CC(F)F)(c4ccccc4)C3)cc(=O)c2c1.O=C(O)C(F)(F)F. The number of benzene rings is 3. The lowest BCUT2D eigenvalue weighted by Crippen LogP contribution is -2.60. The smallest absolute Gasteiger partial charge is 0.478 e. The zero-order valence-corrected chi connectivity index (χ0v) is 24.1. The highest BCUT2D eigenvalue weighted by molar-refractivity contribution is 5.94. The average Bonchev–Trinajstić information content (AvgIpc) is 2.95. The van der Waals surface area contributed by atoms with E-state index in [0.29, 0.717) is 41.2 Å². The van der Waals surface area contributed by atoms with E-state index >= 15 is 0 Å². The third kappa shape index (κ3) is 7.41. The van der Waals surface area contributed by atoms with E-state index in [1.54, 1.807) is 24.3 Å². The second-order valence-electron chi connectivity index (χ2n) is 10.8. The molecule has 1 unspecified atom stereocenters. The number of halogens is 5. The Morgan fingerprint density at radius 1 is 1.00 bits per heavy atom. The molecule has 3 aromatic carbocycles. The number of fused-ring (bicyclic) bond motifs is 1. The van der Waals surface area contributed by atoms with Crippen LogP contribution in [0, 0.1) is 6.92 Å². The molecule has 0 radical (unpaired) electrons. The summed E-state index contributed by atoms with van der Waals surface area (Å²) in [5.74, 6) is -3.48. The zero-order valence-electron chi connectivity index (χ0n) is 24.1. The van der Waals surface area contributed by atoms with Crippen LogP contribution < -0.4 is 15.6 Å². The van der Waals surface area contributed by atoms with Crippen molar-refractivity contribution in [1.82, 2.24) is 0 Å². The van der Waals surface area contributed by atoms with Gasteiger partial charge in [-0.05, 0) is 43.2 Å². The highest BCUT2D eigenvalue weighted by Crippen LogP contribution is 2.42. The fourth-order valence-electron chi connectivity index (χ4n) is 5.36. The van der Waals surface area contributed by atoms with Gasteiger partial charge in [0.25, 0.3) is 0 Å². The molecular weight excluding hydrogens is 603 g/mol. The molecule has 3 N–H and O–H groups in total. The lowest BCUT2D eigenvalue weighted by molar-refractivity contribution is -0.192. The lowest BCUT2D eigenvalue weighted by atomic mass is 9.71. The molecule has 1 aromatic heterocycles. The molecule has 13 heteroatoms. The molecule has 1 fully saturated rings. The van der Waals surface area contributed by atoms with Gasteiger partial charge in [0.1, 0.15) is 5.58 Å². The van der Waals surface area contributed by atoms with Crippen LogP contribution in [0.2, 0.25) is 0 Å². The van der Waals surface area contributed by atoms with Gasteiger partial charge in [-0.2, -0.15) is 13.2 Å². The summed E-state index contributed by atoms with van der Waals surface area (Å²) in [5, 5.41) is 20.3. The summed E-state index contributed by atoms with van der Waals surface area (Å²) in [6, 6.07) is 20.5. The topological polar surface area (TPSA) is 120 Å². The first-order valence-corrected chi connectivity index (χ1v) is 13.7. The van der Waals surface area contributed by atoms with Crippen LogP contribution in [0.15, 0.2) is 82.0 Å². The highest BCUT2D eigenvalue weighted by Gasteiger charge is 2.47. The Bertz CT molecular complexity index is 1750. The molecule has 1 saturated heterocycles.